The van der Waals surface area contributed by atoms with Crippen molar-refractivity contribution in [3.63, 3.8) is 0 Å². The van der Waals surface area contributed by atoms with Gasteiger partial charge in [-0.25, -0.2) is 8.78 Å². The van der Waals surface area contributed by atoms with Gasteiger partial charge in [-0.05, 0) is 12.1 Å². The summed E-state index contributed by atoms with van der Waals surface area (Å²) in [5, 5.41) is 11.9. The van der Waals surface area contributed by atoms with E-state index in [2.05, 4.69) is 15.1 Å². The third-order valence-corrected chi connectivity index (χ3v) is 4.98. The van der Waals surface area contributed by atoms with E-state index in [0.717, 1.165) is 12.1 Å². The van der Waals surface area contributed by atoms with E-state index in [1.54, 1.807) is 0 Å². The van der Waals surface area contributed by atoms with Crippen LogP contribution in [0.2, 0.25) is 5.02 Å². The molecule has 1 aliphatic heterocycles. The van der Waals surface area contributed by atoms with E-state index in [4.69, 9.17) is 27.3 Å². The molecule has 2 heterocycles. The van der Waals surface area contributed by atoms with Gasteiger partial charge in [-0.1, -0.05) is 30.6 Å². The Morgan fingerprint density at radius 3 is 2.79 bits per heavy atom. The lowest BCUT2D eigenvalue weighted by Crippen LogP contribution is -2.50. The molecule has 28 heavy (non-hydrogen) atoms. The van der Waals surface area contributed by atoms with Gasteiger partial charge < -0.3 is 15.7 Å². The highest BCUT2D eigenvalue weighted by atomic mass is 35.5. The lowest BCUT2D eigenvalue weighted by Gasteiger charge is -2.34. The van der Waals surface area contributed by atoms with Gasteiger partial charge in [0.2, 0.25) is 11.7 Å². The highest BCUT2D eigenvalue weighted by Gasteiger charge is 2.30. The van der Waals surface area contributed by atoms with E-state index in [0.29, 0.717) is 24.8 Å². The lowest BCUT2D eigenvalue weighted by molar-refractivity contribution is 0.228. The van der Waals surface area contributed by atoms with E-state index in [1.165, 1.54) is 0 Å². The second-order valence-corrected chi connectivity index (χ2v) is 7.29. The maximum absolute atomic E-state index is 14.2. The number of hydrogen-bond acceptors (Lipinski definition) is 7. The minimum absolute atomic E-state index is 0.0417. The van der Waals surface area contributed by atoms with Gasteiger partial charge in [0.05, 0.1) is 23.3 Å². The molecule has 0 fully saturated rings. The number of nitrogens with one attached hydrogen (secondary N) is 1. The van der Waals surface area contributed by atoms with E-state index in [-0.39, 0.29) is 41.0 Å². The van der Waals surface area contributed by atoms with Crippen LogP contribution in [0, 0.1) is 17.0 Å². The number of rotatable bonds is 6. The Balaban J connectivity index is 1.81. The van der Waals surface area contributed by atoms with Crippen molar-refractivity contribution in [2.75, 3.05) is 13.1 Å². The standard InChI is InChI=1S/C18H21ClF2N6O/c1-9(2)18-25-17(26-28-18)13(22)7-14-16(23)24-5-6-27(14)8-10-11(20)3-4-12(21)15(10)19/h3-4,9,14,22H,5-8H2,1-2H3,(H2,23,24). The van der Waals surface area contributed by atoms with Crippen LogP contribution in [0.25, 0.3) is 0 Å². The zero-order valence-corrected chi connectivity index (χ0v) is 16.3. The summed E-state index contributed by atoms with van der Waals surface area (Å²) < 4.78 is 33.1. The third-order valence-electron chi connectivity index (χ3n) is 4.57. The van der Waals surface area contributed by atoms with Gasteiger partial charge in [0.25, 0.3) is 0 Å². The van der Waals surface area contributed by atoms with Crippen LogP contribution in [-0.2, 0) is 6.54 Å². The zero-order chi connectivity index (χ0) is 20.4. The summed E-state index contributed by atoms with van der Waals surface area (Å²) in [4.78, 5) is 10.3. The van der Waals surface area contributed by atoms with Crippen molar-refractivity contribution in [1.29, 1.82) is 5.41 Å². The number of hydrogen-bond donors (Lipinski definition) is 2. The summed E-state index contributed by atoms with van der Waals surface area (Å²) in [5.74, 6) is -0.302. The van der Waals surface area contributed by atoms with Crippen LogP contribution >= 0.6 is 11.6 Å². The summed E-state index contributed by atoms with van der Waals surface area (Å²) >= 11 is 5.96. The van der Waals surface area contributed by atoms with E-state index < -0.39 is 17.7 Å². The van der Waals surface area contributed by atoms with Crippen molar-refractivity contribution in [2.45, 2.75) is 38.8 Å². The Hall–Kier alpha value is -2.39. The largest absolute Gasteiger partial charge is 0.386 e. The van der Waals surface area contributed by atoms with Gasteiger partial charge in [-0.3, -0.25) is 9.89 Å². The Morgan fingerprint density at radius 2 is 2.11 bits per heavy atom. The number of amidine groups is 1. The average molecular weight is 411 g/mol. The number of benzene rings is 1. The number of halogens is 3. The first-order chi connectivity index (χ1) is 13.3. The monoisotopic (exact) mass is 410 g/mol. The molecule has 0 radical (unpaired) electrons. The Bertz CT molecular complexity index is 913. The molecule has 1 unspecified atom stereocenters. The van der Waals surface area contributed by atoms with E-state index in [1.807, 2.05) is 18.7 Å². The van der Waals surface area contributed by atoms with Crippen LogP contribution in [0.4, 0.5) is 8.78 Å². The Labute approximate surface area is 166 Å². The first-order valence-corrected chi connectivity index (χ1v) is 9.23. The molecule has 150 valence electrons. The SMILES string of the molecule is CC(C)c1nc(C(=N)CC2C(N)=NCCN2Cc2c(F)ccc(F)c2Cl)no1. The highest BCUT2D eigenvalue weighted by molar-refractivity contribution is 6.31. The molecule has 3 N–H and O–H groups in total. The topological polar surface area (TPSA) is 104 Å². The number of nitrogens with zero attached hydrogens (tertiary/aromatic N) is 4. The summed E-state index contributed by atoms with van der Waals surface area (Å²) in [7, 11) is 0. The number of aromatic nitrogens is 2. The van der Waals surface area contributed by atoms with Crippen LogP contribution in [0.5, 0.6) is 0 Å². The van der Waals surface area contributed by atoms with Crippen LogP contribution < -0.4 is 5.73 Å². The molecule has 1 aromatic carbocycles. The fourth-order valence-electron chi connectivity index (χ4n) is 2.97. The fourth-order valence-corrected chi connectivity index (χ4v) is 3.19. The molecule has 0 saturated heterocycles. The molecule has 1 aromatic heterocycles. The minimum Gasteiger partial charge on any atom is -0.386 e. The summed E-state index contributed by atoms with van der Waals surface area (Å²) in [5.41, 5.74) is 6.23. The molecule has 0 saturated carbocycles. The van der Waals surface area contributed by atoms with E-state index in [9.17, 15) is 8.78 Å². The van der Waals surface area contributed by atoms with Crippen molar-refractivity contribution in [1.82, 2.24) is 15.0 Å². The van der Waals surface area contributed by atoms with Crippen LogP contribution in [-0.4, -0.2) is 45.7 Å². The summed E-state index contributed by atoms with van der Waals surface area (Å²) in [6.45, 7) is 4.75. The third kappa shape index (κ3) is 4.20. The van der Waals surface area contributed by atoms with Gasteiger partial charge >= 0.3 is 0 Å². The van der Waals surface area contributed by atoms with Gasteiger partial charge in [0.15, 0.2) is 0 Å². The Kier molecular flexibility index (Phi) is 6.04. The van der Waals surface area contributed by atoms with Crippen molar-refractivity contribution in [2.24, 2.45) is 10.7 Å². The molecule has 0 bridgehead atoms. The quantitative estimate of drug-likeness (QED) is 0.562. The highest BCUT2D eigenvalue weighted by Crippen LogP contribution is 2.26. The van der Waals surface area contributed by atoms with Crippen molar-refractivity contribution < 1.29 is 13.3 Å². The van der Waals surface area contributed by atoms with Crippen LogP contribution in [0.3, 0.4) is 0 Å². The Morgan fingerprint density at radius 1 is 1.39 bits per heavy atom. The maximum Gasteiger partial charge on any atom is 0.229 e. The molecule has 1 atom stereocenters. The van der Waals surface area contributed by atoms with Crippen LogP contribution in [0.15, 0.2) is 21.6 Å². The fraction of sp³-hybridized carbons (Fsp3) is 0.444. The maximum atomic E-state index is 14.2. The molecule has 2 aromatic rings. The second-order valence-electron chi connectivity index (χ2n) is 6.91. The first-order valence-electron chi connectivity index (χ1n) is 8.85. The normalized spacial score (nSPS) is 17.8. The minimum atomic E-state index is -0.686. The molecule has 0 aliphatic carbocycles. The average Bonchev–Trinajstić information content (AvgIpc) is 3.15. The number of aliphatic imine (C=N–C) groups is 1. The van der Waals surface area contributed by atoms with Crippen molar-refractivity contribution in [3.8, 4) is 0 Å². The van der Waals surface area contributed by atoms with Gasteiger partial charge in [-0.15, -0.1) is 0 Å². The molecule has 10 heteroatoms. The van der Waals surface area contributed by atoms with Gasteiger partial charge in [0.1, 0.15) is 17.5 Å². The molecular weight excluding hydrogens is 390 g/mol. The lowest BCUT2D eigenvalue weighted by atomic mass is 10.0. The van der Waals surface area contributed by atoms with Crippen molar-refractivity contribution >= 4 is 23.1 Å². The molecule has 0 spiro atoms. The number of nitrogens with two attached hydrogens (primary N) is 1. The van der Waals surface area contributed by atoms with Crippen molar-refractivity contribution in [3.05, 3.63) is 46.1 Å². The molecule has 3 rings (SSSR count). The first kappa shape index (κ1) is 20.3. The summed E-state index contributed by atoms with van der Waals surface area (Å²) in [6.07, 6.45) is 0.154. The van der Waals surface area contributed by atoms with Gasteiger partial charge in [-0.2, -0.15) is 4.98 Å². The predicted molar refractivity (Wildman–Crippen MR) is 102 cm³/mol. The smallest absolute Gasteiger partial charge is 0.229 e. The molecule has 7 nitrogen and oxygen atoms in total. The van der Waals surface area contributed by atoms with Crippen LogP contribution in [0.1, 0.15) is 43.5 Å². The molecular formula is C18H21ClF2N6O. The molecule has 1 aliphatic rings. The predicted octanol–water partition coefficient (Wildman–Crippen LogP) is 3.12. The second kappa shape index (κ2) is 8.32. The van der Waals surface area contributed by atoms with Gasteiger partial charge in [0, 0.05) is 31.0 Å². The van der Waals surface area contributed by atoms with E-state index >= 15 is 0 Å². The molecule has 0 amide bonds. The summed E-state index contributed by atoms with van der Waals surface area (Å²) in [6, 6.07) is 1.55. The zero-order valence-electron chi connectivity index (χ0n) is 15.5.